The van der Waals surface area contributed by atoms with Crippen LogP contribution in [0.25, 0.3) is 0 Å². The largest absolute Gasteiger partial charge is 0.435 e. The minimum atomic E-state index is -2.83. The Morgan fingerprint density at radius 2 is 1.90 bits per heavy atom. The quantitative estimate of drug-likeness (QED) is 0.840. The normalized spacial score (nSPS) is 11.7. The van der Waals surface area contributed by atoms with Gasteiger partial charge in [0.2, 0.25) is 5.91 Å². The minimum absolute atomic E-state index is 0. The predicted molar refractivity (Wildman–Crippen MR) is 79.7 cm³/mol. The number of ether oxygens (including phenoxy) is 1. The van der Waals surface area contributed by atoms with Gasteiger partial charge in [0, 0.05) is 26.1 Å². The van der Waals surface area contributed by atoms with Crippen molar-refractivity contribution in [2.45, 2.75) is 39.0 Å². The highest BCUT2D eigenvalue weighted by atomic mass is 35.5. The van der Waals surface area contributed by atoms with Gasteiger partial charge in [0.25, 0.3) is 0 Å². The molecule has 0 aliphatic rings. The molecule has 0 radical (unpaired) electrons. The number of rotatable bonds is 7. The van der Waals surface area contributed by atoms with E-state index in [2.05, 4.69) is 4.74 Å². The Balaban J connectivity index is 0.00000400. The van der Waals surface area contributed by atoms with Crippen LogP contribution in [0.5, 0.6) is 5.75 Å². The zero-order chi connectivity index (χ0) is 15.1. The van der Waals surface area contributed by atoms with E-state index in [0.717, 1.165) is 5.56 Å². The lowest BCUT2D eigenvalue weighted by molar-refractivity contribution is -0.130. The lowest BCUT2D eigenvalue weighted by atomic mass is 10.1. The topological polar surface area (TPSA) is 55.6 Å². The van der Waals surface area contributed by atoms with Crippen LogP contribution >= 0.6 is 12.4 Å². The van der Waals surface area contributed by atoms with Crippen molar-refractivity contribution in [2.24, 2.45) is 5.73 Å². The molecular weight excluding hydrogens is 302 g/mol. The van der Waals surface area contributed by atoms with Gasteiger partial charge in [0.15, 0.2) is 0 Å². The molecule has 21 heavy (non-hydrogen) atoms. The van der Waals surface area contributed by atoms with E-state index in [9.17, 15) is 13.6 Å². The van der Waals surface area contributed by atoms with Gasteiger partial charge in [0.1, 0.15) is 5.75 Å². The molecule has 0 spiro atoms. The summed E-state index contributed by atoms with van der Waals surface area (Å²) in [5.74, 6) is 0.116. The lowest BCUT2D eigenvalue weighted by Gasteiger charge is -2.18. The number of hydrogen-bond donors (Lipinski definition) is 1. The minimum Gasteiger partial charge on any atom is -0.435 e. The molecule has 1 rings (SSSR count). The molecule has 0 saturated carbocycles. The van der Waals surface area contributed by atoms with Gasteiger partial charge in [-0.1, -0.05) is 12.1 Å². The van der Waals surface area contributed by atoms with Crippen molar-refractivity contribution in [3.05, 3.63) is 29.8 Å². The Hall–Kier alpha value is -1.40. The number of nitrogens with zero attached hydrogens (tertiary/aromatic N) is 1. The smallest absolute Gasteiger partial charge is 0.387 e. The second-order valence-corrected chi connectivity index (χ2v) is 4.79. The molecule has 1 aromatic rings. The molecule has 4 nitrogen and oxygen atoms in total. The zero-order valence-corrected chi connectivity index (χ0v) is 12.9. The van der Waals surface area contributed by atoms with Crippen molar-refractivity contribution < 1.29 is 18.3 Å². The van der Waals surface area contributed by atoms with Gasteiger partial charge in [-0.15, -0.1) is 12.4 Å². The Morgan fingerprint density at radius 3 is 2.38 bits per heavy atom. The third kappa shape index (κ3) is 7.82. The van der Waals surface area contributed by atoms with Crippen LogP contribution in [0.3, 0.4) is 0 Å². The van der Waals surface area contributed by atoms with Gasteiger partial charge in [-0.3, -0.25) is 4.79 Å². The number of carbonyl (C=O) groups excluding carboxylic acids is 1. The van der Waals surface area contributed by atoms with E-state index in [1.54, 1.807) is 24.1 Å². The molecular formula is C14H21ClF2N2O2. The van der Waals surface area contributed by atoms with Gasteiger partial charge in [-0.25, -0.2) is 0 Å². The zero-order valence-electron chi connectivity index (χ0n) is 12.1. The van der Waals surface area contributed by atoms with Gasteiger partial charge in [0.05, 0.1) is 0 Å². The van der Waals surface area contributed by atoms with E-state index in [1.165, 1.54) is 12.1 Å². The van der Waals surface area contributed by atoms with Crippen LogP contribution in [-0.2, 0) is 11.3 Å². The summed E-state index contributed by atoms with van der Waals surface area (Å²) in [4.78, 5) is 13.4. The number of carbonyl (C=O) groups is 1. The molecule has 1 aromatic carbocycles. The molecule has 0 aromatic heterocycles. The molecule has 0 aliphatic carbocycles. The Labute approximate surface area is 129 Å². The van der Waals surface area contributed by atoms with E-state index in [4.69, 9.17) is 5.73 Å². The number of hydrogen-bond acceptors (Lipinski definition) is 3. The molecule has 120 valence electrons. The average molecular weight is 323 g/mol. The summed E-state index contributed by atoms with van der Waals surface area (Å²) in [5, 5.41) is 0. The molecule has 1 atom stereocenters. The number of benzene rings is 1. The molecule has 1 unspecified atom stereocenters. The highest BCUT2D eigenvalue weighted by Crippen LogP contribution is 2.16. The number of halogens is 3. The van der Waals surface area contributed by atoms with Crippen LogP contribution in [0.4, 0.5) is 8.78 Å². The molecule has 0 heterocycles. The second kappa shape index (κ2) is 9.52. The molecule has 1 amide bonds. The maximum Gasteiger partial charge on any atom is 0.387 e. The van der Waals surface area contributed by atoms with E-state index >= 15 is 0 Å². The highest BCUT2D eigenvalue weighted by molar-refractivity contribution is 5.85. The summed E-state index contributed by atoms with van der Waals surface area (Å²) >= 11 is 0. The van der Waals surface area contributed by atoms with Gasteiger partial charge in [-0.05, 0) is 31.0 Å². The first-order chi connectivity index (χ1) is 9.38. The van der Waals surface area contributed by atoms with Crippen molar-refractivity contribution in [2.75, 3.05) is 7.05 Å². The molecule has 7 heteroatoms. The van der Waals surface area contributed by atoms with Crippen LogP contribution in [0.2, 0.25) is 0 Å². The standard InChI is InChI=1S/C14H20F2N2O2.ClH/c1-10(17)3-8-13(19)18(2)9-11-4-6-12(7-5-11)20-14(15)16;/h4-7,10,14H,3,8-9,17H2,1-2H3;1H. The monoisotopic (exact) mass is 322 g/mol. The Kier molecular flexibility index (Phi) is 8.89. The van der Waals surface area contributed by atoms with E-state index in [0.29, 0.717) is 19.4 Å². The average Bonchev–Trinajstić information content (AvgIpc) is 2.37. The van der Waals surface area contributed by atoms with E-state index < -0.39 is 6.61 Å². The first-order valence-corrected chi connectivity index (χ1v) is 6.41. The summed E-state index contributed by atoms with van der Waals surface area (Å²) in [6, 6.07) is 6.24. The number of amides is 1. The van der Waals surface area contributed by atoms with Crippen molar-refractivity contribution >= 4 is 18.3 Å². The molecule has 0 aliphatic heterocycles. The van der Waals surface area contributed by atoms with Crippen LogP contribution in [0.15, 0.2) is 24.3 Å². The first kappa shape index (κ1) is 19.6. The molecule has 0 bridgehead atoms. The van der Waals surface area contributed by atoms with Crippen molar-refractivity contribution in [3.63, 3.8) is 0 Å². The molecule has 0 fully saturated rings. The fourth-order valence-electron chi connectivity index (χ4n) is 1.68. The lowest BCUT2D eigenvalue weighted by Crippen LogP contribution is -2.27. The number of alkyl halides is 2. The van der Waals surface area contributed by atoms with Crippen LogP contribution < -0.4 is 10.5 Å². The van der Waals surface area contributed by atoms with Crippen LogP contribution in [-0.4, -0.2) is 30.5 Å². The van der Waals surface area contributed by atoms with E-state index in [-0.39, 0.29) is 30.1 Å². The third-order valence-corrected chi connectivity index (χ3v) is 2.81. The van der Waals surface area contributed by atoms with Crippen molar-refractivity contribution in [3.8, 4) is 5.75 Å². The first-order valence-electron chi connectivity index (χ1n) is 6.41. The predicted octanol–water partition coefficient (Wildman–Crippen LogP) is 2.80. The Bertz CT molecular complexity index is 427. The Morgan fingerprint density at radius 1 is 1.33 bits per heavy atom. The maximum absolute atomic E-state index is 12.0. The summed E-state index contributed by atoms with van der Waals surface area (Å²) in [7, 11) is 1.70. The van der Waals surface area contributed by atoms with Crippen LogP contribution in [0.1, 0.15) is 25.3 Å². The molecule has 2 N–H and O–H groups in total. The summed E-state index contributed by atoms with van der Waals surface area (Å²) in [5.41, 5.74) is 6.45. The van der Waals surface area contributed by atoms with Gasteiger partial charge < -0.3 is 15.4 Å². The highest BCUT2D eigenvalue weighted by Gasteiger charge is 2.10. The fraction of sp³-hybridized carbons (Fsp3) is 0.500. The molecule has 0 saturated heterocycles. The third-order valence-electron chi connectivity index (χ3n) is 2.81. The summed E-state index contributed by atoms with van der Waals surface area (Å²) < 4.78 is 28.3. The second-order valence-electron chi connectivity index (χ2n) is 4.79. The van der Waals surface area contributed by atoms with Gasteiger partial charge in [-0.2, -0.15) is 8.78 Å². The van der Waals surface area contributed by atoms with Crippen molar-refractivity contribution in [1.29, 1.82) is 0 Å². The summed E-state index contributed by atoms with van der Waals surface area (Å²) in [6.45, 7) is -0.551. The van der Waals surface area contributed by atoms with Crippen molar-refractivity contribution in [1.82, 2.24) is 4.90 Å². The van der Waals surface area contributed by atoms with Crippen LogP contribution in [0, 0.1) is 0 Å². The fourth-order valence-corrected chi connectivity index (χ4v) is 1.68. The SMILES string of the molecule is CC(N)CCC(=O)N(C)Cc1ccc(OC(F)F)cc1.Cl. The number of nitrogens with two attached hydrogens (primary N) is 1. The van der Waals surface area contributed by atoms with E-state index in [1.807, 2.05) is 6.92 Å². The van der Waals surface area contributed by atoms with Gasteiger partial charge >= 0.3 is 6.61 Å². The summed E-state index contributed by atoms with van der Waals surface area (Å²) in [6.07, 6.45) is 1.05. The maximum atomic E-state index is 12.0.